The molecule has 6 heteroatoms. The van der Waals surface area contributed by atoms with Gasteiger partial charge in [-0.2, -0.15) is 0 Å². The normalized spacial score (nSPS) is 17.1. The van der Waals surface area contributed by atoms with Crippen molar-refractivity contribution in [2.45, 2.75) is 32.7 Å². The summed E-state index contributed by atoms with van der Waals surface area (Å²) in [7, 11) is 0. The Morgan fingerprint density at radius 1 is 1.10 bits per heavy atom. The number of rotatable bonds is 8. The second kappa shape index (κ2) is 10.2. The number of carbonyl (C=O) groups is 2. The van der Waals surface area contributed by atoms with Crippen LogP contribution in [0.15, 0.2) is 54.6 Å². The fourth-order valence-electron chi connectivity index (χ4n) is 3.78. The van der Waals surface area contributed by atoms with Crippen LogP contribution >= 0.6 is 0 Å². The van der Waals surface area contributed by atoms with Crippen molar-refractivity contribution >= 4 is 17.5 Å². The van der Waals surface area contributed by atoms with E-state index in [1.807, 2.05) is 44.2 Å². The van der Waals surface area contributed by atoms with Crippen LogP contribution in [-0.2, 0) is 16.0 Å². The molecule has 1 aliphatic rings. The van der Waals surface area contributed by atoms with Crippen molar-refractivity contribution < 1.29 is 14.0 Å². The number of hydrogen-bond donors (Lipinski definition) is 2. The smallest absolute Gasteiger partial charge is 0.242 e. The van der Waals surface area contributed by atoms with Crippen LogP contribution in [0.1, 0.15) is 25.8 Å². The third-order valence-corrected chi connectivity index (χ3v) is 5.52. The van der Waals surface area contributed by atoms with Gasteiger partial charge in [-0.1, -0.05) is 44.2 Å². The van der Waals surface area contributed by atoms with E-state index >= 15 is 0 Å². The third-order valence-electron chi connectivity index (χ3n) is 5.52. The maximum atomic E-state index is 13.1. The number of carbonyl (C=O) groups excluding carboxylic acids is 2. The number of benzene rings is 2. The Labute approximate surface area is 177 Å². The molecule has 0 spiro atoms. The summed E-state index contributed by atoms with van der Waals surface area (Å²) in [5.41, 5.74) is 1.92. The van der Waals surface area contributed by atoms with Gasteiger partial charge in [0.25, 0.3) is 0 Å². The van der Waals surface area contributed by atoms with Crippen LogP contribution in [0.3, 0.4) is 0 Å². The summed E-state index contributed by atoms with van der Waals surface area (Å²) in [6, 6.07) is 15.4. The number of nitrogens with one attached hydrogen (secondary N) is 2. The lowest BCUT2D eigenvalue weighted by molar-refractivity contribution is -0.129. The van der Waals surface area contributed by atoms with E-state index in [2.05, 4.69) is 15.5 Å². The second-order valence-electron chi connectivity index (χ2n) is 8.27. The van der Waals surface area contributed by atoms with Gasteiger partial charge >= 0.3 is 0 Å². The van der Waals surface area contributed by atoms with E-state index in [1.54, 1.807) is 12.1 Å². The zero-order valence-corrected chi connectivity index (χ0v) is 17.6. The SMILES string of the molecule is CC(C)C(NC(=O)Cc1ccccc1)C(=O)NCC1CCN(c2ccc(F)cc2)C1. The van der Waals surface area contributed by atoms with Crippen LogP contribution in [-0.4, -0.2) is 37.5 Å². The highest BCUT2D eigenvalue weighted by atomic mass is 19.1. The van der Waals surface area contributed by atoms with Crippen molar-refractivity contribution in [2.75, 3.05) is 24.5 Å². The molecule has 2 aromatic carbocycles. The Kier molecular flexibility index (Phi) is 7.44. The lowest BCUT2D eigenvalue weighted by Gasteiger charge is -2.23. The fourth-order valence-corrected chi connectivity index (χ4v) is 3.78. The van der Waals surface area contributed by atoms with Gasteiger partial charge in [0.05, 0.1) is 6.42 Å². The molecule has 2 N–H and O–H groups in total. The van der Waals surface area contributed by atoms with Crippen molar-refractivity contribution in [1.82, 2.24) is 10.6 Å². The predicted molar refractivity (Wildman–Crippen MR) is 117 cm³/mol. The Hall–Kier alpha value is -2.89. The Morgan fingerprint density at radius 3 is 2.47 bits per heavy atom. The molecular weight excluding hydrogens is 381 g/mol. The van der Waals surface area contributed by atoms with E-state index in [4.69, 9.17) is 0 Å². The van der Waals surface area contributed by atoms with E-state index in [0.29, 0.717) is 12.5 Å². The lowest BCUT2D eigenvalue weighted by atomic mass is 10.0. The van der Waals surface area contributed by atoms with Crippen molar-refractivity contribution in [1.29, 1.82) is 0 Å². The van der Waals surface area contributed by atoms with E-state index in [9.17, 15) is 14.0 Å². The number of nitrogens with zero attached hydrogens (tertiary/aromatic N) is 1. The van der Waals surface area contributed by atoms with Crippen LogP contribution in [0, 0.1) is 17.7 Å². The van der Waals surface area contributed by atoms with Gasteiger partial charge in [0.2, 0.25) is 11.8 Å². The maximum Gasteiger partial charge on any atom is 0.242 e. The molecule has 0 saturated carbocycles. The average molecular weight is 412 g/mol. The van der Waals surface area contributed by atoms with E-state index in [1.165, 1.54) is 12.1 Å². The highest BCUT2D eigenvalue weighted by molar-refractivity contribution is 5.88. The number of amides is 2. The van der Waals surface area contributed by atoms with Crippen molar-refractivity contribution in [3.05, 3.63) is 66.0 Å². The zero-order chi connectivity index (χ0) is 21.5. The minimum absolute atomic E-state index is 0.0102. The Balaban J connectivity index is 1.48. The molecule has 1 fully saturated rings. The quantitative estimate of drug-likeness (QED) is 0.702. The molecule has 1 aliphatic heterocycles. The molecule has 2 aromatic rings. The molecule has 2 amide bonds. The lowest BCUT2D eigenvalue weighted by Crippen LogP contribution is -2.51. The summed E-state index contributed by atoms with van der Waals surface area (Å²) >= 11 is 0. The molecule has 30 heavy (non-hydrogen) atoms. The Bertz CT molecular complexity index is 839. The van der Waals surface area contributed by atoms with Gasteiger partial charge in [-0.15, -0.1) is 0 Å². The van der Waals surface area contributed by atoms with Crippen LogP contribution in [0.2, 0.25) is 0 Å². The summed E-state index contributed by atoms with van der Waals surface area (Å²) in [6.07, 6.45) is 1.22. The van der Waals surface area contributed by atoms with Crippen molar-refractivity contribution in [3.8, 4) is 0 Å². The van der Waals surface area contributed by atoms with Crippen LogP contribution in [0.25, 0.3) is 0 Å². The summed E-state index contributed by atoms with van der Waals surface area (Å²) in [5.74, 6) is -0.225. The highest BCUT2D eigenvalue weighted by Gasteiger charge is 2.27. The standard InChI is InChI=1S/C24H30FN3O2/c1-17(2)23(27-22(29)14-18-6-4-3-5-7-18)24(30)26-15-19-12-13-28(16-19)21-10-8-20(25)9-11-21/h3-11,17,19,23H,12-16H2,1-2H3,(H,26,30)(H,27,29). The number of anilines is 1. The van der Waals surface area contributed by atoms with Crippen LogP contribution < -0.4 is 15.5 Å². The summed E-state index contributed by atoms with van der Waals surface area (Å²) in [4.78, 5) is 27.3. The third kappa shape index (κ3) is 6.05. The number of hydrogen-bond acceptors (Lipinski definition) is 3. The predicted octanol–water partition coefficient (Wildman–Crippen LogP) is 3.15. The topological polar surface area (TPSA) is 61.4 Å². The highest BCUT2D eigenvalue weighted by Crippen LogP contribution is 2.23. The first-order valence-electron chi connectivity index (χ1n) is 10.5. The molecule has 2 unspecified atom stereocenters. The van der Waals surface area contributed by atoms with Gasteiger partial charge in [0.1, 0.15) is 11.9 Å². The zero-order valence-electron chi connectivity index (χ0n) is 17.6. The molecule has 1 saturated heterocycles. The molecule has 5 nitrogen and oxygen atoms in total. The first-order valence-corrected chi connectivity index (χ1v) is 10.5. The molecule has 0 bridgehead atoms. The largest absolute Gasteiger partial charge is 0.371 e. The first kappa shape index (κ1) is 21.8. The molecule has 0 aliphatic carbocycles. The minimum atomic E-state index is -0.559. The minimum Gasteiger partial charge on any atom is -0.371 e. The van der Waals surface area contributed by atoms with Gasteiger partial charge in [-0.3, -0.25) is 9.59 Å². The Morgan fingerprint density at radius 2 is 1.80 bits per heavy atom. The molecular formula is C24H30FN3O2. The van der Waals surface area contributed by atoms with Gasteiger partial charge in [-0.05, 0) is 48.1 Å². The fraction of sp³-hybridized carbons (Fsp3) is 0.417. The summed E-state index contributed by atoms with van der Waals surface area (Å²) in [5, 5.41) is 5.90. The molecule has 1 heterocycles. The summed E-state index contributed by atoms with van der Waals surface area (Å²) in [6.45, 7) is 6.12. The molecule has 0 aromatic heterocycles. The second-order valence-corrected chi connectivity index (χ2v) is 8.27. The van der Waals surface area contributed by atoms with Crippen molar-refractivity contribution in [2.24, 2.45) is 11.8 Å². The average Bonchev–Trinajstić information content (AvgIpc) is 3.20. The van der Waals surface area contributed by atoms with Gasteiger partial charge in [0, 0.05) is 25.3 Å². The molecule has 160 valence electrons. The molecule has 2 atom stereocenters. The first-order chi connectivity index (χ1) is 14.4. The van der Waals surface area contributed by atoms with Gasteiger partial charge in [-0.25, -0.2) is 4.39 Å². The van der Waals surface area contributed by atoms with E-state index < -0.39 is 6.04 Å². The van der Waals surface area contributed by atoms with E-state index in [0.717, 1.165) is 30.8 Å². The summed E-state index contributed by atoms with van der Waals surface area (Å²) < 4.78 is 13.1. The number of halogens is 1. The van der Waals surface area contributed by atoms with Crippen molar-refractivity contribution in [3.63, 3.8) is 0 Å². The van der Waals surface area contributed by atoms with Crippen LogP contribution in [0.4, 0.5) is 10.1 Å². The van der Waals surface area contributed by atoms with Gasteiger partial charge < -0.3 is 15.5 Å². The molecule has 0 radical (unpaired) electrons. The molecule has 3 rings (SSSR count). The van der Waals surface area contributed by atoms with E-state index in [-0.39, 0.29) is 30.0 Å². The monoisotopic (exact) mass is 411 g/mol. The van der Waals surface area contributed by atoms with Crippen LogP contribution in [0.5, 0.6) is 0 Å². The van der Waals surface area contributed by atoms with Gasteiger partial charge in [0.15, 0.2) is 0 Å². The maximum absolute atomic E-state index is 13.1.